The Kier molecular flexibility index (Phi) is 12.5. The maximum Gasteiger partial charge on any atom is 0.293 e. The molecule has 0 radical (unpaired) electrons. The number of nitrogens with zero attached hydrogens (tertiary/aromatic N) is 4. The molecular formula is C43H50ClN7O6S. The highest BCUT2D eigenvalue weighted by Crippen LogP contribution is 2.43. The van der Waals surface area contributed by atoms with Crippen molar-refractivity contribution < 1.29 is 22.9 Å². The van der Waals surface area contributed by atoms with Crippen LogP contribution in [0.5, 0.6) is 11.5 Å². The molecule has 0 saturated carbocycles. The number of pyridine rings is 1. The molecular weight excluding hydrogens is 778 g/mol. The topological polar surface area (TPSA) is 163 Å². The Morgan fingerprint density at radius 3 is 2.48 bits per heavy atom. The number of fused-ring (bicyclic) bond motifs is 1. The number of ether oxygens (including phenoxy) is 1. The number of amides is 1. The van der Waals surface area contributed by atoms with Crippen molar-refractivity contribution in [1.82, 2.24) is 19.6 Å². The van der Waals surface area contributed by atoms with Gasteiger partial charge in [0.05, 0.1) is 21.6 Å². The molecule has 1 amide bonds. The standard InChI is InChI=1S/C42H46ClN7O6S.CH4/c1-27(2)46-37-12-10-34(23-38(37)50(52)53)57(54,55)47-41(51)35-11-9-32(22-39(35)56-33-21-29-14-16-44-40(29)45-25-33)49-19-17-48(18-20-49)26-30-13-15-42(3,4)24-36(30)28-5-7-31(43)8-6-28;/h5-12,14,16,21-23,25,27,46H,13,15,17-20,24,26H2,1-4H3,(H,44,45)(H,47,51);1H4. The molecule has 2 aliphatic rings. The number of piperazine rings is 1. The second kappa shape index (κ2) is 17.2. The van der Waals surface area contributed by atoms with E-state index < -0.39 is 31.4 Å². The number of carbonyl (C=O) groups is 1. The van der Waals surface area contributed by atoms with Crippen molar-refractivity contribution in [3.05, 3.63) is 117 Å². The minimum Gasteiger partial charge on any atom is -0.455 e. The van der Waals surface area contributed by atoms with E-state index in [1.807, 2.05) is 18.2 Å². The fourth-order valence-electron chi connectivity index (χ4n) is 7.48. The van der Waals surface area contributed by atoms with Crippen LogP contribution in [0.2, 0.25) is 5.02 Å². The summed E-state index contributed by atoms with van der Waals surface area (Å²) in [6.45, 7) is 12.3. The number of nitro benzene ring substituents is 1. The van der Waals surface area contributed by atoms with Gasteiger partial charge in [-0.15, -0.1) is 0 Å². The summed E-state index contributed by atoms with van der Waals surface area (Å²) < 4.78 is 35.4. The second-order valence-corrected chi connectivity index (χ2v) is 17.9. The third-order valence-electron chi connectivity index (χ3n) is 10.5. The van der Waals surface area contributed by atoms with E-state index in [2.05, 4.69) is 55.8 Å². The second-order valence-electron chi connectivity index (χ2n) is 15.7. The first-order valence-electron chi connectivity index (χ1n) is 19.0. The first-order chi connectivity index (χ1) is 27.1. The molecule has 0 atom stereocenters. The molecule has 1 saturated heterocycles. The predicted octanol–water partition coefficient (Wildman–Crippen LogP) is 9.28. The van der Waals surface area contributed by atoms with Crippen LogP contribution in [0.25, 0.3) is 16.6 Å². The van der Waals surface area contributed by atoms with E-state index in [1.54, 1.807) is 38.2 Å². The Bertz CT molecular complexity index is 2460. The number of H-pyrrole nitrogens is 1. The molecule has 1 aliphatic carbocycles. The lowest BCUT2D eigenvalue weighted by Gasteiger charge is -2.39. The number of aromatic amines is 1. The summed E-state index contributed by atoms with van der Waals surface area (Å²) in [5, 5.41) is 16.3. The summed E-state index contributed by atoms with van der Waals surface area (Å²) in [5.41, 5.74) is 5.51. The Balaban J connectivity index is 0.00000567. The molecule has 0 bridgehead atoms. The molecule has 15 heteroatoms. The minimum absolute atomic E-state index is 0. The van der Waals surface area contributed by atoms with Gasteiger partial charge in [-0.3, -0.25) is 19.8 Å². The molecule has 1 fully saturated rings. The van der Waals surface area contributed by atoms with Crippen LogP contribution in [0, 0.1) is 15.5 Å². The Hall–Kier alpha value is -5.44. The molecule has 3 N–H and O–H groups in total. The maximum absolute atomic E-state index is 13.8. The number of allylic oxidation sites excluding steroid dienone is 1. The lowest BCUT2D eigenvalue weighted by atomic mass is 9.72. The summed E-state index contributed by atoms with van der Waals surface area (Å²) in [7, 11) is -4.53. The highest BCUT2D eigenvalue weighted by Gasteiger charge is 2.30. The normalized spacial score (nSPS) is 15.9. The zero-order valence-corrected chi connectivity index (χ0v) is 33.9. The largest absolute Gasteiger partial charge is 0.455 e. The van der Waals surface area contributed by atoms with Crippen molar-refractivity contribution in [2.75, 3.05) is 42.9 Å². The van der Waals surface area contributed by atoms with E-state index in [1.165, 1.54) is 41.1 Å². The zero-order valence-electron chi connectivity index (χ0n) is 32.3. The molecule has 58 heavy (non-hydrogen) atoms. The van der Waals surface area contributed by atoms with Crippen molar-refractivity contribution in [1.29, 1.82) is 0 Å². The quantitative estimate of drug-likeness (QED) is 0.0816. The summed E-state index contributed by atoms with van der Waals surface area (Å²) in [6, 6.07) is 20.2. The fourth-order valence-corrected chi connectivity index (χ4v) is 8.59. The van der Waals surface area contributed by atoms with Gasteiger partial charge in [-0.2, -0.15) is 0 Å². The molecule has 0 unspecified atom stereocenters. The van der Waals surface area contributed by atoms with Crippen LogP contribution >= 0.6 is 11.6 Å². The van der Waals surface area contributed by atoms with Crippen LogP contribution in [0.1, 0.15) is 70.3 Å². The minimum atomic E-state index is -4.53. The summed E-state index contributed by atoms with van der Waals surface area (Å²) in [4.78, 5) is 36.7. The van der Waals surface area contributed by atoms with Gasteiger partial charge in [-0.05, 0) is 98.2 Å². The van der Waals surface area contributed by atoms with Gasteiger partial charge >= 0.3 is 0 Å². The Labute approximate surface area is 344 Å². The van der Waals surface area contributed by atoms with Gasteiger partial charge in [-0.1, -0.05) is 50.6 Å². The summed E-state index contributed by atoms with van der Waals surface area (Å²) >= 11 is 6.23. The number of rotatable bonds is 12. The number of hydrogen-bond donors (Lipinski definition) is 3. The predicted molar refractivity (Wildman–Crippen MR) is 231 cm³/mol. The van der Waals surface area contributed by atoms with E-state index in [-0.39, 0.29) is 35.9 Å². The van der Waals surface area contributed by atoms with E-state index in [9.17, 15) is 23.3 Å². The zero-order chi connectivity index (χ0) is 40.5. The first kappa shape index (κ1) is 42.2. The number of halogens is 1. The third-order valence-corrected chi connectivity index (χ3v) is 12.1. The highest BCUT2D eigenvalue weighted by atomic mass is 35.5. The fraction of sp³-hybridized carbons (Fsp3) is 0.349. The van der Waals surface area contributed by atoms with Crippen molar-refractivity contribution in [3.8, 4) is 11.5 Å². The molecule has 3 heterocycles. The summed E-state index contributed by atoms with van der Waals surface area (Å²) in [5.74, 6) is -0.473. The number of sulfonamides is 1. The van der Waals surface area contributed by atoms with Crippen LogP contribution in [-0.4, -0.2) is 72.9 Å². The van der Waals surface area contributed by atoms with Crippen LogP contribution in [0.4, 0.5) is 17.1 Å². The monoisotopic (exact) mass is 827 g/mol. The first-order valence-corrected chi connectivity index (χ1v) is 20.8. The highest BCUT2D eigenvalue weighted by molar-refractivity contribution is 7.90. The van der Waals surface area contributed by atoms with Gasteiger partial charge in [-0.25, -0.2) is 18.1 Å². The Morgan fingerprint density at radius 1 is 1.03 bits per heavy atom. The van der Waals surface area contributed by atoms with Crippen LogP contribution < -0.4 is 19.7 Å². The number of carbonyl (C=O) groups excluding carboxylic acids is 1. The van der Waals surface area contributed by atoms with Gasteiger partial charge in [0.15, 0.2) is 0 Å². The molecule has 3 aromatic carbocycles. The third kappa shape index (κ3) is 9.63. The SMILES string of the molecule is C.CC(C)Nc1ccc(S(=O)(=O)NC(=O)c2ccc(N3CCN(CC4=C(c5ccc(Cl)cc5)CC(C)(C)CC4)CC3)cc2Oc2cnc3[nH]ccc3c2)cc1[N+](=O)[O-]. The lowest BCUT2D eigenvalue weighted by Crippen LogP contribution is -2.47. The van der Waals surface area contributed by atoms with Crippen molar-refractivity contribution in [3.63, 3.8) is 0 Å². The number of aromatic nitrogens is 2. The number of nitro groups is 1. The van der Waals surface area contributed by atoms with Gasteiger partial charge in [0.25, 0.3) is 21.6 Å². The average Bonchev–Trinajstić information content (AvgIpc) is 3.64. The van der Waals surface area contributed by atoms with E-state index in [4.69, 9.17) is 16.3 Å². The van der Waals surface area contributed by atoms with Gasteiger partial charge in [0.2, 0.25) is 0 Å². The summed E-state index contributed by atoms with van der Waals surface area (Å²) in [6.07, 6.45) is 6.48. The van der Waals surface area contributed by atoms with Crippen LogP contribution in [-0.2, 0) is 10.0 Å². The molecule has 1 aliphatic heterocycles. The van der Waals surface area contributed by atoms with Crippen LogP contribution in [0.15, 0.2) is 95.7 Å². The van der Waals surface area contributed by atoms with E-state index in [0.29, 0.717) is 11.4 Å². The number of benzene rings is 3. The van der Waals surface area contributed by atoms with E-state index >= 15 is 0 Å². The smallest absolute Gasteiger partial charge is 0.293 e. The lowest BCUT2D eigenvalue weighted by molar-refractivity contribution is -0.384. The van der Waals surface area contributed by atoms with Gasteiger partial charge in [0, 0.05) is 73.2 Å². The number of anilines is 2. The number of hydrogen-bond acceptors (Lipinski definition) is 10. The van der Waals surface area contributed by atoms with Gasteiger partial charge in [0.1, 0.15) is 22.8 Å². The van der Waals surface area contributed by atoms with Crippen molar-refractivity contribution in [2.45, 2.75) is 65.3 Å². The van der Waals surface area contributed by atoms with Crippen molar-refractivity contribution in [2.24, 2.45) is 5.41 Å². The molecule has 13 nitrogen and oxygen atoms in total. The molecule has 2 aromatic heterocycles. The molecule has 7 rings (SSSR count). The van der Waals surface area contributed by atoms with Crippen LogP contribution in [0.3, 0.4) is 0 Å². The molecule has 5 aromatic rings. The number of nitrogens with one attached hydrogen (secondary N) is 3. The van der Waals surface area contributed by atoms with Crippen molar-refractivity contribution >= 4 is 61.2 Å². The molecule has 306 valence electrons. The van der Waals surface area contributed by atoms with E-state index in [0.717, 1.165) is 74.1 Å². The Morgan fingerprint density at radius 2 is 1.78 bits per heavy atom. The molecule has 0 spiro atoms. The maximum atomic E-state index is 13.8. The average molecular weight is 828 g/mol. The van der Waals surface area contributed by atoms with Gasteiger partial charge < -0.3 is 19.9 Å².